The zero-order chi connectivity index (χ0) is 11.0. The van der Waals surface area contributed by atoms with Crippen molar-refractivity contribution in [1.82, 2.24) is 4.98 Å². The van der Waals surface area contributed by atoms with Crippen molar-refractivity contribution in [3.63, 3.8) is 0 Å². The molecule has 3 nitrogen and oxygen atoms in total. The van der Waals surface area contributed by atoms with Crippen LogP contribution in [-0.2, 0) is 5.41 Å². The van der Waals surface area contributed by atoms with Crippen molar-refractivity contribution in [2.24, 2.45) is 5.73 Å². The molecule has 0 saturated heterocycles. The summed E-state index contributed by atoms with van der Waals surface area (Å²) in [5, 5.41) is 1.08. The van der Waals surface area contributed by atoms with Gasteiger partial charge in [-0.05, 0) is 25.0 Å². The fourth-order valence-electron chi connectivity index (χ4n) is 2.75. The van der Waals surface area contributed by atoms with Crippen LogP contribution in [0.25, 0.3) is 11.0 Å². The number of nitrogens with two attached hydrogens (primary N) is 1. The number of nitrogens with zero attached hydrogens (tertiary/aromatic N) is 1. The number of fused-ring (bicyclic) bond motifs is 1. The second kappa shape index (κ2) is 3.59. The maximum atomic E-state index is 5.95. The number of hydrogen-bond donors (Lipinski definition) is 1. The van der Waals surface area contributed by atoms with Gasteiger partial charge in [-0.2, -0.15) is 0 Å². The zero-order valence-electron chi connectivity index (χ0n) is 9.28. The van der Waals surface area contributed by atoms with E-state index in [0.717, 1.165) is 29.6 Å². The molecule has 1 aliphatic rings. The lowest BCUT2D eigenvalue weighted by Crippen LogP contribution is -2.31. The lowest BCUT2D eigenvalue weighted by molar-refractivity contribution is 0.359. The summed E-state index contributed by atoms with van der Waals surface area (Å²) >= 11 is 0. The lowest BCUT2D eigenvalue weighted by Gasteiger charge is -2.24. The first kappa shape index (κ1) is 9.85. The van der Waals surface area contributed by atoms with Gasteiger partial charge in [-0.1, -0.05) is 12.8 Å². The molecule has 0 amide bonds. The fraction of sp³-hybridized carbons (Fsp3) is 0.462. The van der Waals surface area contributed by atoms with Crippen LogP contribution in [0.15, 0.2) is 28.9 Å². The summed E-state index contributed by atoms with van der Waals surface area (Å²) in [6, 6.07) is 4.03. The predicted molar refractivity (Wildman–Crippen MR) is 63.2 cm³/mol. The maximum absolute atomic E-state index is 5.95. The number of furan rings is 1. The topological polar surface area (TPSA) is 52.0 Å². The van der Waals surface area contributed by atoms with Gasteiger partial charge in [0.15, 0.2) is 0 Å². The molecule has 1 saturated carbocycles. The van der Waals surface area contributed by atoms with E-state index in [2.05, 4.69) is 11.1 Å². The first-order chi connectivity index (χ1) is 7.84. The van der Waals surface area contributed by atoms with Crippen LogP contribution >= 0.6 is 0 Å². The standard InChI is InChI=1S/C13H16N2O/c14-9-13(4-1-2-5-13)12-7-10-8-15-6-3-11(10)16-12/h3,6-8H,1-2,4-5,9,14H2. The van der Waals surface area contributed by atoms with E-state index in [1.165, 1.54) is 12.8 Å². The molecule has 0 aliphatic heterocycles. The highest BCUT2D eigenvalue weighted by molar-refractivity contribution is 5.76. The quantitative estimate of drug-likeness (QED) is 0.839. The Labute approximate surface area is 94.7 Å². The van der Waals surface area contributed by atoms with Gasteiger partial charge < -0.3 is 10.2 Å². The minimum atomic E-state index is 0.0824. The Bertz CT molecular complexity index is 464. The second-order valence-electron chi connectivity index (χ2n) is 4.72. The minimum Gasteiger partial charge on any atom is -0.460 e. The lowest BCUT2D eigenvalue weighted by atomic mass is 9.83. The van der Waals surface area contributed by atoms with Crippen LogP contribution in [0.3, 0.4) is 0 Å². The van der Waals surface area contributed by atoms with Crippen molar-refractivity contribution in [2.75, 3.05) is 6.54 Å². The van der Waals surface area contributed by atoms with Gasteiger partial charge in [0.05, 0.1) is 0 Å². The van der Waals surface area contributed by atoms with Crippen molar-refractivity contribution >= 4 is 11.0 Å². The van der Waals surface area contributed by atoms with Gasteiger partial charge in [-0.3, -0.25) is 4.98 Å². The highest BCUT2D eigenvalue weighted by Crippen LogP contribution is 2.42. The minimum absolute atomic E-state index is 0.0824. The molecule has 0 aromatic carbocycles. The van der Waals surface area contributed by atoms with Gasteiger partial charge in [-0.25, -0.2) is 0 Å². The highest BCUT2D eigenvalue weighted by atomic mass is 16.3. The average Bonchev–Trinajstić information content (AvgIpc) is 2.96. The second-order valence-corrected chi connectivity index (χ2v) is 4.72. The zero-order valence-corrected chi connectivity index (χ0v) is 9.28. The molecule has 1 aliphatic carbocycles. The molecular formula is C13H16N2O. The van der Waals surface area contributed by atoms with Crippen LogP contribution in [0.5, 0.6) is 0 Å². The van der Waals surface area contributed by atoms with E-state index in [0.29, 0.717) is 6.54 Å². The van der Waals surface area contributed by atoms with Crippen LogP contribution in [0, 0.1) is 0 Å². The Morgan fingerprint density at radius 3 is 2.88 bits per heavy atom. The Morgan fingerprint density at radius 1 is 1.38 bits per heavy atom. The highest BCUT2D eigenvalue weighted by Gasteiger charge is 2.37. The van der Waals surface area contributed by atoms with E-state index in [-0.39, 0.29) is 5.41 Å². The van der Waals surface area contributed by atoms with Crippen molar-refractivity contribution in [3.05, 3.63) is 30.3 Å². The third kappa shape index (κ3) is 1.35. The van der Waals surface area contributed by atoms with Crippen molar-refractivity contribution in [2.45, 2.75) is 31.1 Å². The number of rotatable bonds is 2. The molecule has 2 aromatic rings. The number of hydrogen-bond acceptors (Lipinski definition) is 3. The Kier molecular flexibility index (Phi) is 2.21. The molecule has 3 rings (SSSR count). The first-order valence-electron chi connectivity index (χ1n) is 5.88. The molecule has 0 radical (unpaired) electrons. The monoisotopic (exact) mass is 216 g/mol. The molecule has 84 valence electrons. The SMILES string of the molecule is NCC1(c2cc3cnccc3o2)CCCC1. The summed E-state index contributed by atoms with van der Waals surface area (Å²) in [7, 11) is 0. The average molecular weight is 216 g/mol. The number of aromatic nitrogens is 1. The summed E-state index contributed by atoms with van der Waals surface area (Å²) in [4.78, 5) is 4.11. The van der Waals surface area contributed by atoms with Gasteiger partial charge in [0.1, 0.15) is 11.3 Å². The smallest absolute Gasteiger partial charge is 0.137 e. The molecule has 0 spiro atoms. The molecular weight excluding hydrogens is 200 g/mol. The van der Waals surface area contributed by atoms with Gasteiger partial charge in [-0.15, -0.1) is 0 Å². The summed E-state index contributed by atoms with van der Waals surface area (Å²) in [6.07, 6.45) is 8.42. The summed E-state index contributed by atoms with van der Waals surface area (Å²) < 4.78 is 5.93. The molecule has 0 unspecified atom stereocenters. The van der Waals surface area contributed by atoms with Crippen molar-refractivity contribution in [3.8, 4) is 0 Å². The van der Waals surface area contributed by atoms with Crippen molar-refractivity contribution in [1.29, 1.82) is 0 Å². The van der Waals surface area contributed by atoms with Crippen LogP contribution in [0.1, 0.15) is 31.4 Å². The molecule has 3 heteroatoms. The molecule has 2 N–H and O–H groups in total. The molecule has 2 aromatic heterocycles. The summed E-state index contributed by atoms with van der Waals surface area (Å²) in [5.74, 6) is 1.05. The largest absolute Gasteiger partial charge is 0.460 e. The maximum Gasteiger partial charge on any atom is 0.137 e. The van der Waals surface area contributed by atoms with E-state index in [1.807, 2.05) is 12.3 Å². The Morgan fingerprint density at radius 2 is 2.19 bits per heavy atom. The predicted octanol–water partition coefficient (Wildman–Crippen LogP) is 2.60. The van der Waals surface area contributed by atoms with E-state index in [4.69, 9.17) is 10.2 Å². The summed E-state index contributed by atoms with van der Waals surface area (Å²) in [5.41, 5.74) is 6.95. The van der Waals surface area contributed by atoms with E-state index in [9.17, 15) is 0 Å². The molecule has 1 fully saturated rings. The normalized spacial score (nSPS) is 19.3. The van der Waals surface area contributed by atoms with Crippen molar-refractivity contribution < 1.29 is 4.42 Å². The Balaban J connectivity index is 2.10. The van der Waals surface area contributed by atoms with Crippen LogP contribution in [-0.4, -0.2) is 11.5 Å². The van der Waals surface area contributed by atoms with Gasteiger partial charge in [0, 0.05) is 29.7 Å². The van der Waals surface area contributed by atoms with Gasteiger partial charge >= 0.3 is 0 Å². The summed E-state index contributed by atoms with van der Waals surface area (Å²) in [6.45, 7) is 0.681. The number of pyridine rings is 1. The molecule has 16 heavy (non-hydrogen) atoms. The van der Waals surface area contributed by atoms with E-state index >= 15 is 0 Å². The Hall–Kier alpha value is -1.35. The molecule has 2 heterocycles. The fourth-order valence-corrected chi connectivity index (χ4v) is 2.75. The third-order valence-corrected chi connectivity index (χ3v) is 3.79. The van der Waals surface area contributed by atoms with Crippen LogP contribution < -0.4 is 5.73 Å². The third-order valence-electron chi connectivity index (χ3n) is 3.79. The molecule has 0 bridgehead atoms. The van der Waals surface area contributed by atoms with Gasteiger partial charge in [0.2, 0.25) is 0 Å². The van der Waals surface area contributed by atoms with E-state index in [1.54, 1.807) is 6.20 Å². The van der Waals surface area contributed by atoms with E-state index < -0.39 is 0 Å². The van der Waals surface area contributed by atoms with Crippen LogP contribution in [0.4, 0.5) is 0 Å². The van der Waals surface area contributed by atoms with Crippen LogP contribution in [0.2, 0.25) is 0 Å². The molecule has 0 atom stereocenters. The van der Waals surface area contributed by atoms with Gasteiger partial charge in [0.25, 0.3) is 0 Å². The first-order valence-corrected chi connectivity index (χ1v) is 5.88.